The minimum atomic E-state index is -0.436. The van der Waals surface area contributed by atoms with Crippen molar-refractivity contribution in [2.75, 3.05) is 6.61 Å². The number of hydrogen-bond donors (Lipinski definition) is 1. The van der Waals surface area contributed by atoms with E-state index in [9.17, 15) is 9.50 Å². The van der Waals surface area contributed by atoms with Crippen LogP contribution in [0.25, 0.3) is 0 Å². The quantitative estimate of drug-likeness (QED) is 0.849. The van der Waals surface area contributed by atoms with Crippen LogP contribution in [0.2, 0.25) is 0 Å². The van der Waals surface area contributed by atoms with Crippen LogP contribution in [-0.2, 0) is 6.61 Å². The van der Waals surface area contributed by atoms with Crippen LogP contribution in [0, 0.1) is 11.7 Å². The van der Waals surface area contributed by atoms with E-state index in [1.165, 1.54) is 12.1 Å². The van der Waals surface area contributed by atoms with Gasteiger partial charge in [0.25, 0.3) is 0 Å². The van der Waals surface area contributed by atoms with Gasteiger partial charge in [0.1, 0.15) is 5.82 Å². The first-order valence-corrected chi connectivity index (χ1v) is 6.16. The first-order chi connectivity index (χ1) is 8.43. The van der Waals surface area contributed by atoms with Crippen molar-refractivity contribution in [1.82, 2.24) is 0 Å². The first-order valence-electron chi connectivity index (χ1n) is 6.16. The lowest BCUT2D eigenvalue weighted by atomic mass is 10.2. The van der Waals surface area contributed by atoms with Gasteiger partial charge in [0.2, 0.25) is 0 Å². The zero-order valence-corrected chi connectivity index (χ0v) is 11.4. The zero-order chi connectivity index (χ0) is 13.7. The van der Waals surface area contributed by atoms with E-state index in [0.29, 0.717) is 29.6 Å². The standard InChI is InChI=1S/C14H21FO3/c1-9(2)8-17-13-6-12(15)5-11(7-16)14(13)18-10(3)4/h5-6,9-10,16H,7-8H2,1-4H3. The van der Waals surface area contributed by atoms with Gasteiger partial charge in [-0.05, 0) is 25.8 Å². The highest BCUT2D eigenvalue weighted by molar-refractivity contribution is 5.47. The van der Waals surface area contributed by atoms with Crippen LogP contribution in [0.4, 0.5) is 4.39 Å². The molecule has 0 saturated carbocycles. The van der Waals surface area contributed by atoms with Crippen LogP contribution < -0.4 is 9.47 Å². The molecule has 0 fully saturated rings. The van der Waals surface area contributed by atoms with Gasteiger partial charge >= 0.3 is 0 Å². The Morgan fingerprint density at radius 3 is 2.39 bits per heavy atom. The van der Waals surface area contributed by atoms with Crippen LogP contribution in [0.5, 0.6) is 11.5 Å². The molecule has 1 rings (SSSR count). The number of hydrogen-bond acceptors (Lipinski definition) is 3. The molecule has 102 valence electrons. The summed E-state index contributed by atoms with van der Waals surface area (Å²) in [4.78, 5) is 0. The molecule has 0 saturated heterocycles. The van der Waals surface area contributed by atoms with Crippen molar-refractivity contribution in [3.05, 3.63) is 23.5 Å². The average Bonchev–Trinajstić information content (AvgIpc) is 2.28. The van der Waals surface area contributed by atoms with Crippen LogP contribution in [0.15, 0.2) is 12.1 Å². The van der Waals surface area contributed by atoms with Gasteiger partial charge in [-0.15, -0.1) is 0 Å². The fraction of sp³-hybridized carbons (Fsp3) is 0.571. The van der Waals surface area contributed by atoms with Crippen LogP contribution in [0.1, 0.15) is 33.3 Å². The molecule has 0 bridgehead atoms. The highest BCUT2D eigenvalue weighted by Crippen LogP contribution is 2.34. The zero-order valence-electron chi connectivity index (χ0n) is 11.4. The number of aliphatic hydroxyl groups is 1. The van der Waals surface area contributed by atoms with Gasteiger partial charge in [-0.25, -0.2) is 4.39 Å². The number of ether oxygens (including phenoxy) is 2. The van der Waals surface area contributed by atoms with E-state index < -0.39 is 5.82 Å². The maximum atomic E-state index is 13.4. The SMILES string of the molecule is CC(C)COc1cc(F)cc(CO)c1OC(C)C. The van der Waals surface area contributed by atoms with Crippen LogP contribution in [-0.4, -0.2) is 17.8 Å². The molecule has 1 N–H and O–H groups in total. The Balaban J connectivity index is 3.06. The van der Waals surface area contributed by atoms with Crippen molar-refractivity contribution < 1.29 is 19.0 Å². The number of aliphatic hydroxyl groups excluding tert-OH is 1. The van der Waals surface area contributed by atoms with Crippen molar-refractivity contribution in [3.8, 4) is 11.5 Å². The smallest absolute Gasteiger partial charge is 0.167 e. The van der Waals surface area contributed by atoms with Gasteiger partial charge in [0.15, 0.2) is 11.5 Å². The Morgan fingerprint density at radius 1 is 1.22 bits per heavy atom. The van der Waals surface area contributed by atoms with E-state index in [1.54, 1.807) is 0 Å². The molecule has 0 unspecified atom stereocenters. The monoisotopic (exact) mass is 256 g/mol. The van der Waals surface area contributed by atoms with E-state index in [-0.39, 0.29) is 12.7 Å². The summed E-state index contributed by atoms with van der Waals surface area (Å²) in [7, 11) is 0. The molecule has 0 aliphatic rings. The number of rotatable bonds is 6. The lowest BCUT2D eigenvalue weighted by Gasteiger charge is -2.18. The second kappa shape index (κ2) is 6.59. The first kappa shape index (κ1) is 14.8. The summed E-state index contributed by atoms with van der Waals surface area (Å²) in [5, 5.41) is 9.26. The molecule has 18 heavy (non-hydrogen) atoms. The Hall–Kier alpha value is -1.29. The van der Waals surface area contributed by atoms with E-state index in [2.05, 4.69) is 0 Å². The maximum Gasteiger partial charge on any atom is 0.167 e. The third kappa shape index (κ3) is 4.18. The van der Waals surface area contributed by atoms with Crippen LogP contribution in [0.3, 0.4) is 0 Å². The molecule has 1 aromatic rings. The molecule has 0 amide bonds. The molecule has 0 atom stereocenters. The molecule has 0 aromatic heterocycles. The Bertz CT molecular complexity index is 389. The van der Waals surface area contributed by atoms with Crippen molar-refractivity contribution in [1.29, 1.82) is 0 Å². The molecule has 0 radical (unpaired) electrons. The Labute approximate surface area is 108 Å². The minimum absolute atomic E-state index is 0.0674. The summed E-state index contributed by atoms with van der Waals surface area (Å²) in [6.07, 6.45) is -0.0674. The van der Waals surface area contributed by atoms with Crippen molar-refractivity contribution in [2.45, 2.75) is 40.4 Å². The lowest BCUT2D eigenvalue weighted by Crippen LogP contribution is -2.12. The normalized spacial score (nSPS) is 11.1. The van der Waals surface area contributed by atoms with E-state index in [1.807, 2.05) is 27.7 Å². The van der Waals surface area contributed by atoms with Gasteiger partial charge in [-0.1, -0.05) is 13.8 Å². The molecule has 0 aliphatic heterocycles. The Morgan fingerprint density at radius 2 is 1.89 bits per heavy atom. The van der Waals surface area contributed by atoms with Gasteiger partial charge in [0.05, 0.1) is 19.3 Å². The summed E-state index contributed by atoms with van der Waals surface area (Å²) in [5.74, 6) is 0.669. The molecule has 0 aliphatic carbocycles. The predicted molar refractivity (Wildman–Crippen MR) is 68.4 cm³/mol. The van der Waals surface area contributed by atoms with Crippen LogP contribution >= 0.6 is 0 Å². The number of benzene rings is 1. The maximum absolute atomic E-state index is 13.4. The summed E-state index contributed by atoms with van der Waals surface area (Å²) in [6.45, 7) is 7.96. The third-order valence-corrected chi connectivity index (χ3v) is 2.19. The third-order valence-electron chi connectivity index (χ3n) is 2.19. The summed E-state index contributed by atoms with van der Waals surface area (Å²) in [6, 6.07) is 2.55. The second-order valence-corrected chi connectivity index (χ2v) is 4.92. The lowest BCUT2D eigenvalue weighted by molar-refractivity contribution is 0.200. The topological polar surface area (TPSA) is 38.7 Å². The molecule has 0 spiro atoms. The predicted octanol–water partition coefficient (Wildman–Crippen LogP) is 3.14. The van der Waals surface area contributed by atoms with E-state index in [0.717, 1.165) is 0 Å². The molecule has 4 heteroatoms. The largest absolute Gasteiger partial charge is 0.489 e. The minimum Gasteiger partial charge on any atom is -0.489 e. The second-order valence-electron chi connectivity index (χ2n) is 4.92. The highest BCUT2D eigenvalue weighted by atomic mass is 19.1. The van der Waals surface area contributed by atoms with Crippen molar-refractivity contribution in [3.63, 3.8) is 0 Å². The van der Waals surface area contributed by atoms with E-state index >= 15 is 0 Å². The summed E-state index contributed by atoms with van der Waals surface area (Å²) < 4.78 is 24.6. The molecular formula is C14H21FO3. The molecule has 1 aromatic carbocycles. The van der Waals surface area contributed by atoms with Crippen molar-refractivity contribution in [2.24, 2.45) is 5.92 Å². The molecule has 3 nitrogen and oxygen atoms in total. The van der Waals surface area contributed by atoms with Gasteiger partial charge < -0.3 is 14.6 Å². The van der Waals surface area contributed by atoms with Gasteiger partial charge in [0, 0.05) is 11.6 Å². The van der Waals surface area contributed by atoms with Crippen molar-refractivity contribution >= 4 is 0 Å². The fourth-order valence-electron chi connectivity index (χ4n) is 1.47. The highest BCUT2D eigenvalue weighted by Gasteiger charge is 2.15. The van der Waals surface area contributed by atoms with Gasteiger partial charge in [-0.3, -0.25) is 0 Å². The summed E-state index contributed by atoms with van der Waals surface area (Å²) in [5.41, 5.74) is 0.405. The fourth-order valence-corrected chi connectivity index (χ4v) is 1.47. The average molecular weight is 256 g/mol. The van der Waals surface area contributed by atoms with Gasteiger partial charge in [-0.2, -0.15) is 0 Å². The molecular weight excluding hydrogens is 235 g/mol. The summed E-state index contributed by atoms with van der Waals surface area (Å²) >= 11 is 0. The molecule has 0 heterocycles. The van der Waals surface area contributed by atoms with E-state index in [4.69, 9.17) is 9.47 Å². The Kier molecular flexibility index (Phi) is 5.41. The number of halogens is 1.